The van der Waals surface area contributed by atoms with E-state index in [1.807, 2.05) is 24.3 Å². The third-order valence-electron chi connectivity index (χ3n) is 2.94. The maximum absolute atomic E-state index is 11.3. The Labute approximate surface area is 115 Å². The largest absolute Gasteiger partial charge is 0.478 e. The Hall–Kier alpha value is -2.88. The molecule has 1 aromatic heterocycles. The average molecular weight is 265 g/mol. The van der Waals surface area contributed by atoms with Crippen LogP contribution < -0.4 is 4.74 Å². The molecule has 0 unspecified atom stereocenters. The van der Waals surface area contributed by atoms with Gasteiger partial charge in [0.05, 0.1) is 10.9 Å². The third kappa shape index (κ3) is 2.19. The molecular weight excluding hydrogens is 254 g/mol. The molecule has 20 heavy (non-hydrogen) atoms. The summed E-state index contributed by atoms with van der Waals surface area (Å²) in [6, 6.07) is 16.0. The highest BCUT2D eigenvalue weighted by Crippen LogP contribution is 2.30. The lowest BCUT2D eigenvalue weighted by Gasteiger charge is -2.09. The summed E-state index contributed by atoms with van der Waals surface area (Å²) in [7, 11) is 0. The number of carbonyl (C=O) groups is 1. The zero-order valence-electron chi connectivity index (χ0n) is 10.5. The minimum atomic E-state index is -0.999. The molecule has 2 aromatic carbocycles. The van der Waals surface area contributed by atoms with Gasteiger partial charge in [0.2, 0.25) is 5.88 Å². The molecule has 0 bridgehead atoms. The van der Waals surface area contributed by atoms with Crippen LogP contribution >= 0.6 is 0 Å². The maximum atomic E-state index is 11.3. The summed E-state index contributed by atoms with van der Waals surface area (Å²) in [6.07, 6.45) is 1.60. The maximum Gasteiger partial charge on any atom is 0.336 e. The van der Waals surface area contributed by atoms with E-state index < -0.39 is 5.97 Å². The number of rotatable bonds is 3. The molecule has 0 spiro atoms. The summed E-state index contributed by atoms with van der Waals surface area (Å²) in [5.74, 6) is -0.0825. The zero-order valence-corrected chi connectivity index (χ0v) is 10.5. The summed E-state index contributed by atoms with van der Waals surface area (Å²) in [5.41, 5.74) is 0.182. The van der Waals surface area contributed by atoms with E-state index in [4.69, 9.17) is 4.74 Å². The number of aromatic carboxylic acids is 1. The van der Waals surface area contributed by atoms with Crippen molar-refractivity contribution >= 4 is 16.7 Å². The highest BCUT2D eigenvalue weighted by atomic mass is 16.5. The smallest absolute Gasteiger partial charge is 0.336 e. The van der Waals surface area contributed by atoms with Crippen LogP contribution in [0.25, 0.3) is 10.8 Å². The summed E-state index contributed by atoms with van der Waals surface area (Å²) < 4.78 is 5.71. The van der Waals surface area contributed by atoms with Crippen molar-refractivity contribution in [2.75, 3.05) is 0 Å². The zero-order chi connectivity index (χ0) is 13.9. The van der Waals surface area contributed by atoms with E-state index in [1.165, 1.54) is 0 Å². The second kappa shape index (κ2) is 5.01. The Morgan fingerprint density at radius 1 is 1.00 bits per heavy atom. The number of aromatic nitrogens is 1. The van der Waals surface area contributed by atoms with E-state index in [1.54, 1.807) is 36.5 Å². The van der Waals surface area contributed by atoms with Crippen LogP contribution in [0, 0.1) is 0 Å². The molecule has 98 valence electrons. The molecule has 1 heterocycles. The summed E-state index contributed by atoms with van der Waals surface area (Å²) >= 11 is 0. The first-order valence-electron chi connectivity index (χ1n) is 6.09. The van der Waals surface area contributed by atoms with Crippen molar-refractivity contribution in [2.45, 2.75) is 0 Å². The predicted molar refractivity (Wildman–Crippen MR) is 75.2 cm³/mol. The van der Waals surface area contributed by atoms with Gasteiger partial charge in [0, 0.05) is 6.20 Å². The van der Waals surface area contributed by atoms with Gasteiger partial charge >= 0.3 is 5.97 Å². The first-order valence-corrected chi connectivity index (χ1v) is 6.09. The SMILES string of the molecule is O=C(O)c1cccc2ccnc(Oc3ccccc3)c12. The number of carboxylic acids is 1. The molecule has 0 saturated heterocycles. The number of fused-ring (bicyclic) bond motifs is 1. The molecule has 4 nitrogen and oxygen atoms in total. The second-order valence-electron chi connectivity index (χ2n) is 4.24. The quantitative estimate of drug-likeness (QED) is 0.784. The minimum Gasteiger partial charge on any atom is -0.478 e. The van der Waals surface area contributed by atoms with Crippen molar-refractivity contribution < 1.29 is 14.6 Å². The van der Waals surface area contributed by atoms with Gasteiger partial charge in [0.1, 0.15) is 5.75 Å². The van der Waals surface area contributed by atoms with Crippen molar-refractivity contribution in [3.8, 4) is 11.6 Å². The highest BCUT2D eigenvalue weighted by Gasteiger charge is 2.14. The van der Waals surface area contributed by atoms with Gasteiger partial charge in [-0.3, -0.25) is 0 Å². The molecule has 0 amide bonds. The molecule has 0 aliphatic carbocycles. The number of hydrogen-bond donors (Lipinski definition) is 1. The van der Waals surface area contributed by atoms with Gasteiger partial charge in [-0.05, 0) is 29.7 Å². The van der Waals surface area contributed by atoms with E-state index >= 15 is 0 Å². The topological polar surface area (TPSA) is 59.4 Å². The molecule has 0 saturated carbocycles. The van der Waals surface area contributed by atoms with Crippen LogP contribution in [0.2, 0.25) is 0 Å². The van der Waals surface area contributed by atoms with Gasteiger partial charge < -0.3 is 9.84 Å². The molecule has 0 radical (unpaired) electrons. The lowest BCUT2D eigenvalue weighted by Crippen LogP contribution is -1.99. The minimum absolute atomic E-state index is 0.182. The first kappa shape index (κ1) is 12.2. The molecule has 3 aromatic rings. The molecule has 0 aliphatic rings. The van der Waals surface area contributed by atoms with Gasteiger partial charge in [0.25, 0.3) is 0 Å². The van der Waals surface area contributed by atoms with Crippen LogP contribution in [0.1, 0.15) is 10.4 Å². The van der Waals surface area contributed by atoms with Crippen LogP contribution in [0.5, 0.6) is 11.6 Å². The van der Waals surface area contributed by atoms with E-state index in [0.29, 0.717) is 17.0 Å². The average Bonchev–Trinajstić information content (AvgIpc) is 2.48. The Bertz CT molecular complexity index is 764. The van der Waals surface area contributed by atoms with E-state index in [9.17, 15) is 9.90 Å². The van der Waals surface area contributed by atoms with Gasteiger partial charge in [-0.15, -0.1) is 0 Å². The van der Waals surface area contributed by atoms with Crippen LogP contribution in [0.4, 0.5) is 0 Å². The van der Waals surface area contributed by atoms with Crippen molar-refractivity contribution in [3.05, 3.63) is 66.4 Å². The molecule has 0 fully saturated rings. The molecule has 3 rings (SSSR count). The van der Waals surface area contributed by atoms with Crippen LogP contribution in [-0.4, -0.2) is 16.1 Å². The Morgan fingerprint density at radius 3 is 2.55 bits per heavy atom. The Morgan fingerprint density at radius 2 is 1.80 bits per heavy atom. The summed E-state index contributed by atoms with van der Waals surface area (Å²) in [5, 5.41) is 10.6. The lowest BCUT2D eigenvalue weighted by molar-refractivity contribution is 0.0699. The lowest BCUT2D eigenvalue weighted by atomic mass is 10.1. The molecule has 0 atom stereocenters. The van der Waals surface area contributed by atoms with Crippen LogP contribution in [0.15, 0.2) is 60.8 Å². The van der Waals surface area contributed by atoms with Gasteiger partial charge in [-0.1, -0.05) is 30.3 Å². The number of ether oxygens (including phenoxy) is 1. The van der Waals surface area contributed by atoms with Crippen molar-refractivity contribution in [1.82, 2.24) is 4.98 Å². The fourth-order valence-electron chi connectivity index (χ4n) is 2.05. The number of pyridine rings is 1. The normalized spacial score (nSPS) is 10.4. The van der Waals surface area contributed by atoms with Crippen LogP contribution in [0.3, 0.4) is 0 Å². The van der Waals surface area contributed by atoms with Gasteiger partial charge in [0.15, 0.2) is 0 Å². The van der Waals surface area contributed by atoms with E-state index in [0.717, 1.165) is 5.39 Å². The van der Waals surface area contributed by atoms with Crippen molar-refractivity contribution in [3.63, 3.8) is 0 Å². The summed E-state index contributed by atoms with van der Waals surface area (Å²) in [6.45, 7) is 0. The monoisotopic (exact) mass is 265 g/mol. The van der Waals surface area contributed by atoms with E-state index in [2.05, 4.69) is 4.98 Å². The van der Waals surface area contributed by atoms with Gasteiger partial charge in [-0.2, -0.15) is 0 Å². The summed E-state index contributed by atoms with van der Waals surface area (Å²) in [4.78, 5) is 15.5. The van der Waals surface area contributed by atoms with Crippen LogP contribution in [-0.2, 0) is 0 Å². The second-order valence-corrected chi connectivity index (χ2v) is 4.24. The Kier molecular flexibility index (Phi) is 3.05. The molecule has 1 N–H and O–H groups in total. The number of carboxylic acid groups (broad SMARTS) is 1. The van der Waals surface area contributed by atoms with Gasteiger partial charge in [-0.25, -0.2) is 9.78 Å². The Balaban J connectivity index is 2.18. The van der Waals surface area contributed by atoms with Crippen molar-refractivity contribution in [1.29, 1.82) is 0 Å². The fraction of sp³-hybridized carbons (Fsp3) is 0. The van der Waals surface area contributed by atoms with Crippen molar-refractivity contribution in [2.24, 2.45) is 0 Å². The highest BCUT2D eigenvalue weighted by molar-refractivity contribution is 6.05. The number of nitrogens with zero attached hydrogens (tertiary/aromatic N) is 1. The molecular formula is C16H11NO3. The third-order valence-corrected chi connectivity index (χ3v) is 2.94. The number of benzene rings is 2. The first-order chi connectivity index (χ1) is 9.75. The predicted octanol–water partition coefficient (Wildman–Crippen LogP) is 3.73. The number of hydrogen-bond acceptors (Lipinski definition) is 3. The standard InChI is InChI=1S/C16H11NO3/c18-16(19)13-8-4-5-11-9-10-17-15(14(11)13)20-12-6-2-1-3-7-12/h1-10H,(H,18,19). The molecule has 4 heteroatoms. The number of para-hydroxylation sites is 1. The van der Waals surface area contributed by atoms with E-state index in [-0.39, 0.29) is 5.56 Å². The fourth-order valence-corrected chi connectivity index (χ4v) is 2.05. The molecule has 0 aliphatic heterocycles.